The molecule has 1 aromatic heterocycles. The van der Waals surface area contributed by atoms with Crippen LogP contribution in [0.1, 0.15) is 32.5 Å². The quantitative estimate of drug-likeness (QED) is 0.877. The van der Waals surface area contributed by atoms with E-state index in [0.29, 0.717) is 13.1 Å². The first-order chi connectivity index (χ1) is 8.11. The van der Waals surface area contributed by atoms with E-state index in [1.165, 1.54) is 4.90 Å². The highest BCUT2D eigenvalue weighted by Gasteiger charge is 2.07. The number of rotatable bonds is 4. The van der Waals surface area contributed by atoms with Crippen LogP contribution >= 0.6 is 0 Å². The molecule has 17 heavy (non-hydrogen) atoms. The Morgan fingerprint density at radius 2 is 1.71 bits per heavy atom. The molecule has 1 rings (SSSR count). The molecule has 1 aromatic rings. The van der Waals surface area contributed by atoms with Crippen molar-refractivity contribution in [1.82, 2.24) is 14.9 Å². The van der Waals surface area contributed by atoms with Crippen molar-refractivity contribution in [2.75, 3.05) is 13.1 Å². The van der Waals surface area contributed by atoms with Gasteiger partial charge in [0.1, 0.15) is 5.82 Å². The third-order valence-corrected chi connectivity index (χ3v) is 1.95. The van der Waals surface area contributed by atoms with Crippen molar-refractivity contribution in [3.8, 4) is 0 Å². The minimum atomic E-state index is -0.802. The molecule has 5 heteroatoms. The lowest BCUT2D eigenvalue weighted by Crippen LogP contribution is -2.30. The van der Waals surface area contributed by atoms with Crippen LogP contribution in [0.4, 0.5) is 4.79 Å². The smallest absolute Gasteiger partial charge is 0.407 e. The van der Waals surface area contributed by atoms with Crippen LogP contribution in [-0.4, -0.2) is 39.2 Å². The van der Waals surface area contributed by atoms with E-state index in [2.05, 4.69) is 9.97 Å². The monoisotopic (exact) mass is 239 g/mol. The first-order valence-electron chi connectivity index (χ1n) is 5.83. The zero-order valence-electron chi connectivity index (χ0n) is 10.8. The molecule has 0 fully saturated rings. The summed E-state index contributed by atoms with van der Waals surface area (Å²) in [6.45, 7) is 7.13. The second-order valence-corrected chi connectivity index (χ2v) is 3.57. The molecule has 0 aliphatic carbocycles. The normalized spacial score (nSPS) is 9.12. The lowest BCUT2D eigenvalue weighted by molar-refractivity contribution is 0.145. The number of amides is 1. The van der Waals surface area contributed by atoms with Gasteiger partial charge in [-0.25, -0.2) is 14.8 Å². The van der Waals surface area contributed by atoms with Gasteiger partial charge in [0.25, 0.3) is 0 Å². The van der Waals surface area contributed by atoms with Gasteiger partial charge in [0.15, 0.2) is 0 Å². The van der Waals surface area contributed by atoms with Crippen molar-refractivity contribution in [3.05, 3.63) is 24.3 Å². The summed E-state index contributed by atoms with van der Waals surface area (Å²) >= 11 is 0. The van der Waals surface area contributed by atoms with Crippen molar-refractivity contribution >= 4 is 6.09 Å². The predicted molar refractivity (Wildman–Crippen MR) is 66.9 cm³/mol. The third kappa shape index (κ3) is 8.19. The van der Waals surface area contributed by atoms with Crippen LogP contribution in [0, 0.1) is 6.92 Å². The summed E-state index contributed by atoms with van der Waals surface area (Å²) in [7, 11) is 0. The summed E-state index contributed by atoms with van der Waals surface area (Å²) < 4.78 is 0. The fourth-order valence-electron chi connectivity index (χ4n) is 1.22. The molecule has 0 saturated carbocycles. The van der Waals surface area contributed by atoms with E-state index >= 15 is 0 Å². The largest absolute Gasteiger partial charge is 0.465 e. The lowest BCUT2D eigenvalue weighted by Gasteiger charge is -2.16. The zero-order valence-corrected chi connectivity index (χ0v) is 10.8. The Kier molecular flexibility index (Phi) is 8.64. The SMILES string of the molecule is CCCN(CCC)C(=O)O.Cc1ncccn1. The van der Waals surface area contributed by atoms with Crippen molar-refractivity contribution < 1.29 is 9.90 Å². The average Bonchev–Trinajstić information content (AvgIpc) is 2.30. The molecule has 0 aromatic carbocycles. The summed E-state index contributed by atoms with van der Waals surface area (Å²) in [5.74, 6) is 0.822. The number of carbonyl (C=O) groups is 1. The summed E-state index contributed by atoms with van der Waals surface area (Å²) in [5, 5.41) is 8.56. The molecule has 1 heterocycles. The highest BCUT2D eigenvalue weighted by atomic mass is 16.4. The van der Waals surface area contributed by atoms with Crippen molar-refractivity contribution in [1.29, 1.82) is 0 Å². The zero-order chi connectivity index (χ0) is 13.1. The molecule has 0 atom stereocenters. The summed E-state index contributed by atoms with van der Waals surface area (Å²) in [5.41, 5.74) is 0. The molecular weight excluding hydrogens is 218 g/mol. The van der Waals surface area contributed by atoms with E-state index in [0.717, 1.165) is 18.7 Å². The van der Waals surface area contributed by atoms with Crippen molar-refractivity contribution in [3.63, 3.8) is 0 Å². The summed E-state index contributed by atoms with van der Waals surface area (Å²) in [6.07, 6.45) is 4.44. The van der Waals surface area contributed by atoms with E-state index in [1.807, 2.05) is 20.8 Å². The van der Waals surface area contributed by atoms with Crippen molar-refractivity contribution in [2.45, 2.75) is 33.6 Å². The number of hydrogen-bond donors (Lipinski definition) is 1. The van der Waals surface area contributed by atoms with Crippen LogP contribution < -0.4 is 0 Å². The van der Waals surface area contributed by atoms with Crippen LogP contribution in [0.25, 0.3) is 0 Å². The van der Waals surface area contributed by atoms with Gasteiger partial charge in [-0.15, -0.1) is 0 Å². The fraction of sp³-hybridized carbons (Fsp3) is 0.583. The van der Waals surface area contributed by atoms with Crippen molar-refractivity contribution in [2.24, 2.45) is 0 Å². The molecule has 96 valence electrons. The van der Waals surface area contributed by atoms with E-state index in [9.17, 15) is 4.79 Å². The van der Waals surface area contributed by atoms with Gasteiger partial charge in [-0.2, -0.15) is 0 Å². The number of nitrogens with zero attached hydrogens (tertiary/aromatic N) is 3. The Labute approximate surface area is 103 Å². The molecule has 0 unspecified atom stereocenters. The van der Waals surface area contributed by atoms with Crippen LogP contribution in [0.2, 0.25) is 0 Å². The second-order valence-electron chi connectivity index (χ2n) is 3.57. The van der Waals surface area contributed by atoms with Gasteiger partial charge in [0.05, 0.1) is 0 Å². The molecule has 0 aliphatic heterocycles. The molecule has 0 spiro atoms. The number of carboxylic acid groups (broad SMARTS) is 1. The Hall–Kier alpha value is -1.65. The van der Waals surface area contributed by atoms with E-state index in [4.69, 9.17) is 5.11 Å². The van der Waals surface area contributed by atoms with Crippen LogP contribution in [0.15, 0.2) is 18.5 Å². The van der Waals surface area contributed by atoms with Gasteiger partial charge in [0.2, 0.25) is 0 Å². The molecular formula is C12H21N3O2. The molecule has 0 radical (unpaired) electrons. The lowest BCUT2D eigenvalue weighted by atomic mass is 10.4. The highest BCUT2D eigenvalue weighted by molar-refractivity contribution is 5.64. The van der Waals surface area contributed by atoms with Gasteiger partial charge in [0, 0.05) is 25.5 Å². The van der Waals surface area contributed by atoms with Gasteiger partial charge < -0.3 is 10.0 Å². The minimum Gasteiger partial charge on any atom is -0.465 e. The highest BCUT2D eigenvalue weighted by Crippen LogP contribution is 1.93. The first-order valence-corrected chi connectivity index (χ1v) is 5.83. The fourth-order valence-corrected chi connectivity index (χ4v) is 1.22. The van der Waals surface area contributed by atoms with E-state index < -0.39 is 6.09 Å². The molecule has 5 nitrogen and oxygen atoms in total. The molecule has 0 aliphatic rings. The summed E-state index contributed by atoms with van der Waals surface area (Å²) in [6, 6.07) is 1.80. The van der Waals surface area contributed by atoms with Gasteiger partial charge in [-0.1, -0.05) is 13.8 Å². The van der Waals surface area contributed by atoms with Gasteiger partial charge in [-0.3, -0.25) is 0 Å². The Balaban J connectivity index is 0.000000318. The predicted octanol–water partition coefficient (Wildman–Crippen LogP) is 2.57. The van der Waals surface area contributed by atoms with Crippen LogP contribution in [0.3, 0.4) is 0 Å². The molecule has 0 saturated heterocycles. The molecule has 1 N–H and O–H groups in total. The maximum absolute atomic E-state index is 10.4. The number of hydrogen-bond acceptors (Lipinski definition) is 3. The Morgan fingerprint density at radius 3 is 1.94 bits per heavy atom. The van der Waals surface area contributed by atoms with Gasteiger partial charge >= 0.3 is 6.09 Å². The second kappa shape index (κ2) is 9.57. The first kappa shape index (κ1) is 15.3. The van der Waals surface area contributed by atoms with E-state index in [-0.39, 0.29) is 0 Å². The van der Waals surface area contributed by atoms with Crippen LogP contribution in [0.5, 0.6) is 0 Å². The standard InChI is InChI=1S/C7H15NO2.C5H6N2/c1-3-5-8(6-4-2)7(9)10;1-5-6-3-2-4-7-5/h3-6H2,1-2H3,(H,9,10);2-4H,1H3. The van der Waals surface area contributed by atoms with Gasteiger partial charge in [-0.05, 0) is 25.8 Å². The minimum absolute atomic E-state index is 0.656. The van der Waals surface area contributed by atoms with E-state index in [1.54, 1.807) is 18.5 Å². The topological polar surface area (TPSA) is 66.3 Å². The number of aromatic nitrogens is 2. The maximum atomic E-state index is 10.4. The summed E-state index contributed by atoms with van der Waals surface area (Å²) in [4.78, 5) is 19.6. The average molecular weight is 239 g/mol. The van der Waals surface area contributed by atoms with Crippen LogP contribution in [-0.2, 0) is 0 Å². The third-order valence-electron chi connectivity index (χ3n) is 1.95. The Morgan fingerprint density at radius 1 is 1.24 bits per heavy atom. The Bertz CT molecular complexity index is 298. The molecule has 1 amide bonds. The molecule has 0 bridgehead atoms. The number of aryl methyl sites for hydroxylation is 1. The maximum Gasteiger partial charge on any atom is 0.407 e.